The van der Waals surface area contributed by atoms with E-state index in [1.165, 1.54) is 6.07 Å². The van der Waals surface area contributed by atoms with E-state index in [-0.39, 0.29) is 17.6 Å². The summed E-state index contributed by atoms with van der Waals surface area (Å²) < 4.78 is 0. The van der Waals surface area contributed by atoms with Crippen molar-refractivity contribution in [2.24, 2.45) is 0 Å². The molecule has 2 aromatic rings. The van der Waals surface area contributed by atoms with Gasteiger partial charge in [0.15, 0.2) is 0 Å². The maximum atomic E-state index is 12.3. The molecular weight excluding hydrogens is 242 g/mol. The molecule has 1 N–H and O–H groups in total. The van der Waals surface area contributed by atoms with E-state index in [1.54, 1.807) is 43.3 Å². The van der Waals surface area contributed by atoms with Gasteiger partial charge in [-0.15, -0.1) is 0 Å². The zero-order valence-corrected chi connectivity index (χ0v) is 10.3. The van der Waals surface area contributed by atoms with Gasteiger partial charge in [-0.25, -0.2) is 4.90 Å². The second kappa shape index (κ2) is 3.95. The zero-order chi connectivity index (χ0) is 13.6. The van der Waals surface area contributed by atoms with Crippen LogP contribution >= 0.6 is 0 Å². The molecule has 1 aliphatic rings. The molecule has 0 fully saturated rings. The lowest BCUT2D eigenvalue weighted by molar-refractivity contribution is 0.0926. The number of fused-ring (bicyclic) bond motifs is 1. The van der Waals surface area contributed by atoms with Gasteiger partial charge in [-0.3, -0.25) is 9.59 Å². The van der Waals surface area contributed by atoms with Gasteiger partial charge in [0.25, 0.3) is 11.8 Å². The minimum Gasteiger partial charge on any atom is -0.508 e. The maximum Gasteiger partial charge on any atom is 0.266 e. The number of benzene rings is 2. The van der Waals surface area contributed by atoms with E-state index in [9.17, 15) is 14.7 Å². The summed E-state index contributed by atoms with van der Waals surface area (Å²) in [4.78, 5) is 25.6. The van der Waals surface area contributed by atoms with E-state index >= 15 is 0 Å². The van der Waals surface area contributed by atoms with Crippen molar-refractivity contribution in [1.29, 1.82) is 0 Å². The second-order valence-corrected chi connectivity index (χ2v) is 4.52. The summed E-state index contributed by atoms with van der Waals surface area (Å²) in [5, 5.41) is 9.59. The summed E-state index contributed by atoms with van der Waals surface area (Å²) in [5.74, 6) is -0.678. The molecule has 94 valence electrons. The third kappa shape index (κ3) is 1.69. The highest BCUT2D eigenvalue weighted by molar-refractivity contribution is 6.34. The van der Waals surface area contributed by atoms with Gasteiger partial charge in [0.2, 0.25) is 0 Å². The minimum atomic E-state index is -0.356. The molecule has 3 rings (SSSR count). The van der Waals surface area contributed by atoms with Crippen molar-refractivity contribution in [3.63, 3.8) is 0 Å². The average molecular weight is 253 g/mol. The van der Waals surface area contributed by atoms with Crippen LogP contribution in [-0.2, 0) is 0 Å². The lowest BCUT2D eigenvalue weighted by Gasteiger charge is -2.14. The third-order valence-corrected chi connectivity index (χ3v) is 3.10. The number of phenolic OH excluding ortho intramolecular Hbond substituents is 1. The SMILES string of the molecule is Cc1cc(O)cc(N2C(=O)c3ccccc3C2=O)c1. The van der Waals surface area contributed by atoms with E-state index in [4.69, 9.17) is 0 Å². The highest BCUT2D eigenvalue weighted by Crippen LogP contribution is 2.30. The number of nitrogens with zero attached hydrogens (tertiary/aromatic N) is 1. The van der Waals surface area contributed by atoms with E-state index < -0.39 is 0 Å². The summed E-state index contributed by atoms with van der Waals surface area (Å²) in [6.45, 7) is 1.79. The topological polar surface area (TPSA) is 57.6 Å². The standard InChI is InChI=1S/C15H11NO3/c1-9-6-10(8-11(17)7-9)16-14(18)12-4-2-3-5-13(12)15(16)19/h2-8,17H,1H3. The van der Waals surface area contributed by atoms with Crippen LogP contribution in [0.25, 0.3) is 0 Å². The van der Waals surface area contributed by atoms with E-state index in [1.807, 2.05) is 0 Å². The highest BCUT2D eigenvalue weighted by atomic mass is 16.3. The third-order valence-electron chi connectivity index (χ3n) is 3.10. The summed E-state index contributed by atoms with van der Waals surface area (Å²) in [6, 6.07) is 11.4. The van der Waals surface area contributed by atoms with Crippen LogP contribution in [-0.4, -0.2) is 16.9 Å². The van der Waals surface area contributed by atoms with Gasteiger partial charge in [0.1, 0.15) is 5.75 Å². The van der Waals surface area contributed by atoms with Crippen molar-refractivity contribution in [3.8, 4) is 5.75 Å². The van der Waals surface area contributed by atoms with Crippen LogP contribution in [0.15, 0.2) is 42.5 Å². The van der Waals surface area contributed by atoms with Gasteiger partial charge < -0.3 is 5.11 Å². The summed E-state index contributed by atoms with van der Waals surface area (Å²) in [7, 11) is 0. The Labute approximate surface area is 109 Å². The number of carbonyl (C=O) groups excluding carboxylic acids is 2. The Morgan fingerprint density at radius 3 is 2.05 bits per heavy atom. The molecular formula is C15H11NO3. The number of carbonyl (C=O) groups is 2. The van der Waals surface area contributed by atoms with Crippen molar-refractivity contribution in [3.05, 3.63) is 59.2 Å². The molecule has 2 aromatic carbocycles. The van der Waals surface area contributed by atoms with Crippen LogP contribution in [0.1, 0.15) is 26.3 Å². The Hall–Kier alpha value is -2.62. The van der Waals surface area contributed by atoms with Crippen LogP contribution in [0.5, 0.6) is 5.75 Å². The van der Waals surface area contributed by atoms with Crippen LogP contribution in [0.3, 0.4) is 0 Å². The number of aryl methyl sites for hydroxylation is 1. The zero-order valence-electron chi connectivity index (χ0n) is 10.3. The van der Waals surface area contributed by atoms with Crippen LogP contribution in [0.2, 0.25) is 0 Å². The monoisotopic (exact) mass is 253 g/mol. The molecule has 0 saturated heterocycles. The van der Waals surface area contributed by atoms with Gasteiger partial charge in [0.05, 0.1) is 16.8 Å². The number of amides is 2. The molecule has 0 aliphatic carbocycles. The van der Waals surface area contributed by atoms with Crippen molar-refractivity contribution >= 4 is 17.5 Å². The molecule has 2 amide bonds. The van der Waals surface area contributed by atoms with Gasteiger partial charge in [-0.1, -0.05) is 12.1 Å². The fraction of sp³-hybridized carbons (Fsp3) is 0.0667. The first-order chi connectivity index (χ1) is 9.08. The van der Waals surface area contributed by atoms with E-state index in [0.717, 1.165) is 10.5 Å². The Bertz CT molecular complexity index is 651. The van der Waals surface area contributed by atoms with Crippen molar-refractivity contribution < 1.29 is 14.7 Å². The maximum absolute atomic E-state index is 12.3. The normalized spacial score (nSPS) is 13.8. The number of anilines is 1. The van der Waals surface area contributed by atoms with E-state index in [0.29, 0.717) is 16.8 Å². The highest BCUT2D eigenvalue weighted by Gasteiger charge is 2.36. The van der Waals surface area contributed by atoms with Crippen molar-refractivity contribution in [2.45, 2.75) is 6.92 Å². The van der Waals surface area contributed by atoms with Crippen LogP contribution in [0, 0.1) is 6.92 Å². The minimum absolute atomic E-state index is 0.0338. The number of hydrogen-bond donors (Lipinski definition) is 1. The molecule has 1 aliphatic heterocycles. The number of hydrogen-bond acceptors (Lipinski definition) is 3. The quantitative estimate of drug-likeness (QED) is 0.794. The van der Waals surface area contributed by atoms with Gasteiger partial charge in [0, 0.05) is 6.07 Å². The molecule has 0 bridgehead atoms. The van der Waals surface area contributed by atoms with Gasteiger partial charge in [-0.05, 0) is 36.8 Å². The fourth-order valence-corrected chi connectivity index (χ4v) is 2.30. The largest absolute Gasteiger partial charge is 0.508 e. The fourth-order valence-electron chi connectivity index (χ4n) is 2.30. The predicted molar refractivity (Wildman–Crippen MR) is 70.4 cm³/mol. The Morgan fingerprint density at radius 2 is 1.53 bits per heavy atom. The van der Waals surface area contributed by atoms with E-state index in [2.05, 4.69) is 0 Å². The molecule has 0 saturated carbocycles. The molecule has 0 unspecified atom stereocenters. The second-order valence-electron chi connectivity index (χ2n) is 4.52. The summed E-state index contributed by atoms with van der Waals surface area (Å²) in [5.41, 5.74) is 1.97. The number of rotatable bonds is 1. The van der Waals surface area contributed by atoms with Crippen LogP contribution < -0.4 is 4.90 Å². The summed E-state index contributed by atoms with van der Waals surface area (Å²) in [6.07, 6.45) is 0. The molecule has 4 heteroatoms. The molecule has 0 atom stereocenters. The molecule has 0 aromatic heterocycles. The van der Waals surface area contributed by atoms with Gasteiger partial charge >= 0.3 is 0 Å². The van der Waals surface area contributed by atoms with Crippen molar-refractivity contribution in [2.75, 3.05) is 4.90 Å². The first-order valence-corrected chi connectivity index (χ1v) is 5.86. The molecule has 1 heterocycles. The Balaban J connectivity index is 2.14. The lowest BCUT2D eigenvalue weighted by Crippen LogP contribution is -2.29. The van der Waals surface area contributed by atoms with Gasteiger partial charge in [-0.2, -0.15) is 0 Å². The first-order valence-electron chi connectivity index (χ1n) is 5.86. The number of aromatic hydroxyl groups is 1. The Morgan fingerprint density at radius 1 is 0.947 bits per heavy atom. The number of phenols is 1. The molecule has 4 nitrogen and oxygen atoms in total. The van der Waals surface area contributed by atoms with Crippen molar-refractivity contribution in [1.82, 2.24) is 0 Å². The molecule has 0 radical (unpaired) electrons. The van der Waals surface area contributed by atoms with Crippen LogP contribution in [0.4, 0.5) is 5.69 Å². The molecule has 19 heavy (non-hydrogen) atoms. The smallest absolute Gasteiger partial charge is 0.266 e. The first kappa shape index (κ1) is 11.5. The number of imide groups is 1. The average Bonchev–Trinajstić information content (AvgIpc) is 2.61. The predicted octanol–water partition coefficient (Wildman–Crippen LogP) is 2.50. The lowest BCUT2D eigenvalue weighted by atomic mass is 10.1. The summed E-state index contributed by atoms with van der Waals surface area (Å²) >= 11 is 0. The molecule has 0 spiro atoms. The Kier molecular flexibility index (Phi) is 2.38.